The molecule has 1 aliphatic heterocycles. The van der Waals surface area contributed by atoms with Gasteiger partial charge < -0.3 is 10.1 Å². The molecule has 0 amide bonds. The van der Waals surface area contributed by atoms with Crippen molar-refractivity contribution in [3.05, 3.63) is 0 Å². The first-order chi connectivity index (χ1) is 7.68. The predicted octanol–water partition coefficient (Wildman–Crippen LogP) is 2.38. The Kier molecular flexibility index (Phi) is 6.88. The lowest BCUT2D eigenvalue weighted by atomic mass is 10.1. The smallest absolute Gasteiger partial charge is 0.156 e. The van der Waals surface area contributed by atoms with Crippen molar-refractivity contribution < 1.29 is 4.74 Å². The fourth-order valence-electron chi connectivity index (χ4n) is 1.32. The average molecular weight is 244 g/mol. The van der Waals surface area contributed by atoms with Gasteiger partial charge in [-0.15, -0.1) is 0 Å². The standard InChI is InChI=1S/C12H24N2OS/c1-10(2)4-6-15-7-5-13-12-14-8-11(3)9-16-12/h10-11H,4-9H2,1-3H3,(H,13,14). The minimum Gasteiger partial charge on any atom is -0.380 e. The molecule has 1 atom stereocenters. The highest BCUT2D eigenvalue weighted by Gasteiger charge is 2.10. The molecular formula is C12H24N2OS. The monoisotopic (exact) mass is 244 g/mol. The molecule has 1 heterocycles. The quantitative estimate of drug-likeness (QED) is 0.728. The number of thioether (sulfide) groups is 1. The molecular weight excluding hydrogens is 220 g/mol. The lowest BCUT2D eigenvalue weighted by Gasteiger charge is -2.17. The number of nitrogens with one attached hydrogen (secondary N) is 1. The molecule has 0 saturated carbocycles. The van der Waals surface area contributed by atoms with Gasteiger partial charge in [-0.2, -0.15) is 0 Å². The Hall–Kier alpha value is -0.220. The molecule has 1 unspecified atom stereocenters. The highest BCUT2D eigenvalue weighted by Crippen LogP contribution is 2.15. The summed E-state index contributed by atoms with van der Waals surface area (Å²) in [5.41, 5.74) is 0. The zero-order valence-corrected chi connectivity index (χ0v) is 11.5. The molecule has 16 heavy (non-hydrogen) atoms. The normalized spacial score (nSPS) is 21.0. The van der Waals surface area contributed by atoms with Crippen LogP contribution in [0.25, 0.3) is 0 Å². The molecule has 0 aromatic carbocycles. The fourth-order valence-corrected chi connectivity index (χ4v) is 2.23. The van der Waals surface area contributed by atoms with Crippen LogP contribution in [-0.4, -0.2) is 37.2 Å². The number of hydrogen-bond acceptors (Lipinski definition) is 4. The Morgan fingerprint density at radius 1 is 1.50 bits per heavy atom. The largest absolute Gasteiger partial charge is 0.380 e. The maximum atomic E-state index is 5.53. The first kappa shape index (κ1) is 13.8. The fraction of sp³-hybridized carbons (Fsp3) is 0.917. The highest BCUT2D eigenvalue weighted by atomic mass is 32.2. The van der Waals surface area contributed by atoms with E-state index in [0.717, 1.165) is 49.7 Å². The number of ether oxygens (including phenoxy) is 1. The zero-order chi connectivity index (χ0) is 11.8. The van der Waals surface area contributed by atoms with E-state index < -0.39 is 0 Å². The van der Waals surface area contributed by atoms with Gasteiger partial charge in [-0.25, -0.2) is 0 Å². The molecule has 0 aliphatic carbocycles. The summed E-state index contributed by atoms with van der Waals surface area (Å²) in [4.78, 5) is 4.47. The lowest BCUT2D eigenvalue weighted by molar-refractivity contribution is 0.128. The molecule has 1 rings (SSSR count). The molecule has 0 saturated heterocycles. The van der Waals surface area contributed by atoms with Gasteiger partial charge in [-0.1, -0.05) is 32.5 Å². The second-order valence-electron chi connectivity index (χ2n) is 4.78. The van der Waals surface area contributed by atoms with Crippen molar-refractivity contribution in [3.63, 3.8) is 0 Å². The second-order valence-corrected chi connectivity index (χ2v) is 5.79. The van der Waals surface area contributed by atoms with Crippen LogP contribution in [0.3, 0.4) is 0 Å². The van der Waals surface area contributed by atoms with Crippen molar-refractivity contribution in [2.24, 2.45) is 16.8 Å². The number of amidine groups is 1. The van der Waals surface area contributed by atoms with Gasteiger partial charge in [0.1, 0.15) is 0 Å². The predicted molar refractivity (Wildman–Crippen MR) is 72.2 cm³/mol. The third-order valence-electron chi connectivity index (χ3n) is 2.41. The van der Waals surface area contributed by atoms with Gasteiger partial charge >= 0.3 is 0 Å². The molecule has 4 heteroatoms. The van der Waals surface area contributed by atoms with E-state index >= 15 is 0 Å². The lowest BCUT2D eigenvalue weighted by Crippen LogP contribution is -2.29. The Labute approximate surface area is 103 Å². The molecule has 0 aromatic rings. The number of aliphatic imine (C=N–C) groups is 1. The summed E-state index contributed by atoms with van der Waals surface area (Å²) in [5, 5.41) is 4.41. The van der Waals surface area contributed by atoms with Crippen molar-refractivity contribution >= 4 is 16.9 Å². The third kappa shape index (κ3) is 6.38. The number of nitrogens with zero attached hydrogens (tertiary/aromatic N) is 1. The Bertz CT molecular complexity index is 219. The van der Waals surface area contributed by atoms with Crippen LogP contribution in [0, 0.1) is 11.8 Å². The van der Waals surface area contributed by atoms with Gasteiger partial charge in [0.05, 0.1) is 6.61 Å². The van der Waals surface area contributed by atoms with E-state index in [4.69, 9.17) is 4.74 Å². The Balaban J connectivity index is 1.95. The van der Waals surface area contributed by atoms with Crippen LogP contribution < -0.4 is 5.32 Å². The summed E-state index contributed by atoms with van der Waals surface area (Å²) in [7, 11) is 0. The van der Waals surface area contributed by atoms with Crippen molar-refractivity contribution in [1.82, 2.24) is 5.32 Å². The first-order valence-electron chi connectivity index (χ1n) is 6.17. The SMILES string of the molecule is CC(C)CCOCCNC1=NCC(C)CS1. The van der Waals surface area contributed by atoms with Gasteiger partial charge in [-0.3, -0.25) is 4.99 Å². The van der Waals surface area contributed by atoms with Crippen LogP contribution in [0.5, 0.6) is 0 Å². The molecule has 1 aliphatic rings. The van der Waals surface area contributed by atoms with Crippen LogP contribution >= 0.6 is 11.8 Å². The maximum absolute atomic E-state index is 5.53. The average Bonchev–Trinajstić information content (AvgIpc) is 2.25. The van der Waals surface area contributed by atoms with Gasteiger partial charge in [0.15, 0.2) is 5.17 Å². The van der Waals surface area contributed by atoms with Crippen LogP contribution in [0.15, 0.2) is 4.99 Å². The summed E-state index contributed by atoms with van der Waals surface area (Å²) < 4.78 is 5.53. The molecule has 0 radical (unpaired) electrons. The van der Waals surface area contributed by atoms with E-state index in [0.29, 0.717) is 0 Å². The van der Waals surface area contributed by atoms with Crippen molar-refractivity contribution in [2.75, 3.05) is 32.1 Å². The Morgan fingerprint density at radius 2 is 2.31 bits per heavy atom. The molecule has 1 N–H and O–H groups in total. The molecule has 3 nitrogen and oxygen atoms in total. The summed E-state index contributed by atoms with van der Waals surface area (Å²) >= 11 is 1.82. The van der Waals surface area contributed by atoms with E-state index in [-0.39, 0.29) is 0 Å². The number of hydrogen-bond donors (Lipinski definition) is 1. The van der Waals surface area contributed by atoms with Crippen LogP contribution in [0.1, 0.15) is 27.2 Å². The molecule has 94 valence electrons. The minimum atomic E-state index is 0.720. The summed E-state index contributed by atoms with van der Waals surface area (Å²) in [5.74, 6) is 2.63. The van der Waals surface area contributed by atoms with Crippen molar-refractivity contribution in [3.8, 4) is 0 Å². The van der Waals surface area contributed by atoms with Crippen molar-refractivity contribution in [1.29, 1.82) is 0 Å². The van der Waals surface area contributed by atoms with E-state index in [1.165, 1.54) is 5.75 Å². The zero-order valence-electron chi connectivity index (χ0n) is 10.7. The highest BCUT2D eigenvalue weighted by molar-refractivity contribution is 8.13. The summed E-state index contributed by atoms with van der Waals surface area (Å²) in [6.07, 6.45) is 1.15. The topological polar surface area (TPSA) is 33.6 Å². The van der Waals surface area contributed by atoms with E-state index in [1.54, 1.807) is 0 Å². The van der Waals surface area contributed by atoms with E-state index in [2.05, 4.69) is 31.1 Å². The van der Waals surface area contributed by atoms with E-state index in [1.807, 2.05) is 11.8 Å². The second kappa shape index (κ2) is 7.96. The van der Waals surface area contributed by atoms with Crippen LogP contribution in [-0.2, 0) is 4.74 Å². The first-order valence-corrected chi connectivity index (χ1v) is 7.16. The molecule has 0 spiro atoms. The van der Waals surface area contributed by atoms with Gasteiger partial charge in [0.25, 0.3) is 0 Å². The number of rotatable bonds is 6. The van der Waals surface area contributed by atoms with Crippen LogP contribution in [0.2, 0.25) is 0 Å². The molecule has 0 bridgehead atoms. The third-order valence-corrected chi connectivity index (χ3v) is 3.70. The van der Waals surface area contributed by atoms with E-state index in [9.17, 15) is 0 Å². The molecule has 0 aromatic heterocycles. The summed E-state index contributed by atoms with van der Waals surface area (Å²) in [6.45, 7) is 10.2. The Morgan fingerprint density at radius 3 is 2.94 bits per heavy atom. The molecule has 0 fully saturated rings. The summed E-state index contributed by atoms with van der Waals surface area (Å²) in [6, 6.07) is 0. The maximum Gasteiger partial charge on any atom is 0.156 e. The minimum absolute atomic E-state index is 0.720. The van der Waals surface area contributed by atoms with Gasteiger partial charge in [0.2, 0.25) is 0 Å². The van der Waals surface area contributed by atoms with Gasteiger partial charge in [-0.05, 0) is 18.3 Å². The van der Waals surface area contributed by atoms with Crippen molar-refractivity contribution in [2.45, 2.75) is 27.2 Å². The van der Waals surface area contributed by atoms with Gasteiger partial charge in [0, 0.05) is 25.4 Å². The van der Waals surface area contributed by atoms with Crippen LogP contribution in [0.4, 0.5) is 0 Å².